The Morgan fingerprint density at radius 3 is 1.54 bits per heavy atom. The molecule has 10 heteroatoms. The molecule has 2 saturated heterocycles. The molecule has 2 aliphatic heterocycles. The first-order chi connectivity index (χ1) is 20.7. The van der Waals surface area contributed by atoms with Crippen LogP contribution in [0.2, 0.25) is 54.4 Å². The quantitative estimate of drug-likeness (QED) is 0.222. The molecule has 0 bridgehead atoms. The molecule has 8 atom stereocenters. The van der Waals surface area contributed by atoms with Crippen LogP contribution in [0.5, 0.6) is 0 Å². The summed E-state index contributed by atoms with van der Waals surface area (Å²) in [5, 5.41) is 0.498. The van der Waals surface area contributed by atoms with E-state index in [4.69, 9.17) is 22.8 Å². The van der Waals surface area contributed by atoms with Gasteiger partial charge < -0.3 is 22.8 Å². The van der Waals surface area contributed by atoms with Gasteiger partial charge in [0.2, 0.25) is 0 Å². The van der Waals surface area contributed by atoms with Gasteiger partial charge in [-0.2, -0.15) is 0 Å². The van der Waals surface area contributed by atoms with Crippen LogP contribution in [0.25, 0.3) is 0 Å². The number of thioether (sulfide) groups is 2. The second-order valence-corrected chi connectivity index (χ2v) is 35.1. The van der Waals surface area contributed by atoms with Crippen molar-refractivity contribution >= 4 is 48.5 Å². The molecule has 5 nitrogen and oxygen atoms in total. The molecule has 0 aliphatic carbocycles. The summed E-state index contributed by atoms with van der Waals surface area (Å²) in [6.45, 7) is 39.5. The first-order valence-electron chi connectivity index (χ1n) is 17.5. The lowest BCUT2D eigenvalue weighted by Gasteiger charge is -2.51. The van der Waals surface area contributed by atoms with Gasteiger partial charge in [0.25, 0.3) is 0 Å². The van der Waals surface area contributed by atoms with Crippen molar-refractivity contribution in [3.8, 4) is 0 Å². The summed E-state index contributed by atoms with van der Waals surface area (Å²) in [5.41, 5.74) is 0.0242. The predicted molar refractivity (Wildman–Crippen MR) is 208 cm³/mol. The average molecular weight is 729 g/mol. The Hall–Kier alpha value is 0.371. The molecule has 2 heterocycles. The monoisotopic (exact) mass is 728 g/mol. The number of ether oxygens (including phenoxy) is 2. The van der Waals surface area contributed by atoms with Crippen molar-refractivity contribution in [1.29, 1.82) is 0 Å². The summed E-state index contributed by atoms with van der Waals surface area (Å²) in [7, 11) is -6.17. The molecule has 1 aromatic carbocycles. The van der Waals surface area contributed by atoms with E-state index in [9.17, 15) is 0 Å². The van der Waals surface area contributed by atoms with Gasteiger partial charge in [0, 0.05) is 17.7 Å². The number of rotatable bonds is 10. The van der Waals surface area contributed by atoms with Gasteiger partial charge >= 0.3 is 0 Å². The molecule has 0 radical (unpaired) electrons. The minimum atomic E-state index is -2.07. The maximum atomic E-state index is 7.26. The van der Waals surface area contributed by atoms with Crippen LogP contribution in [0.1, 0.15) is 89.0 Å². The zero-order valence-electron chi connectivity index (χ0n) is 32.3. The predicted octanol–water partition coefficient (Wildman–Crippen LogP) is 11.3. The van der Waals surface area contributed by atoms with Crippen LogP contribution in [0.3, 0.4) is 0 Å². The van der Waals surface area contributed by atoms with Crippen LogP contribution >= 0.6 is 23.5 Å². The van der Waals surface area contributed by atoms with Crippen molar-refractivity contribution in [2.75, 3.05) is 0 Å². The minimum absolute atomic E-state index is 0.0165. The maximum Gasteiger partial charge on any atom is 0.192 e. The molecule has 0 saturated carbocycles. The molecule has 46 heavy (non-hydrogen) atoms. The molecule has 1 aromatic rings. The van der Waals surface area contributed by atoms with Gasteiger partial charge in [0.1, 0.15) is 10.9 Å². The van der Waals surface area contributed by atoms with Crippen molar-refractivity contribution in [1.82, 2.24) is 0 Å². The number of benzene rings is 1. The second-order valence-electron chi connectivity index (χ2n) is 18.2. The van der Waals surface area contributed by atoms with E-state index in [0.717, 1.165) is 12.8 Å². The minimum Gasteiger partial charge on any atom is -0.413 e. The van der Waals surface area contributed by atoms with Crippen LogP contribution in [0.4, 0.5) is 0 Å². The van der Waals surface area contributed by atoms with E-state index < -0.39 is 25.0 Å². The highest BCUT2D eigenvalue weighted by Gasteiger charge is 2.51. The Balaban J connectivity index is 1.90. The van der Waals surface area contributed by atoms with Crippen molar-refractivity contribution in [2.24, 2.45) is 0 Å². The van der Waals surface area contributed by atoms with E-state index in [0.29, 0.717) is 0 Å². The third-order valence-corrected chi connectivity index (χ3v) is 27.5. The normalized spacial score (nSPS) is 30.8. The molecule has 2 aliphatic rings. The lowest BCUT2D eigenvalue weighted by atomic mass is 10.0. The van der Waals surface area contributed by atoms with Gasteiger partial charge in [-0.25, -0.2) is 0 Å². The van der Waals surface area contributed by atoms with E-state index in [-0.39, 0.29) is 61.8 Å². The van der Waals surface area contributed by atoms with Crippen LogP contribution in [-0.4, -0.2) is 71.6 Å². The van der Waals surface area contributed by atoms with Crippen molar-refractivity contribution in [3.05, 3.63) is 30.3 Å². The van der Waals surface area contributed by atoms with Gasteiger partial charge in [-0.05, 0) is 80.4 Å². The Morgan fingerprint density at radius 2 is 1.04 bits per heavy atom. The summed E-state index contributed by atoms with van der Waals surface area (Å²) >= 11 is 3.73. The molecular weight excluding hydrogens is 661 g/mol. The van der Waals surface area contributed by atoms with Crippen molar-refractivity contribution in [3.63, 3.8) is 0 Å². The molecular formula is C36H68O5S2Si3. The smallest absolute Gasteiger partial charge is 0.192 e. The van der Waals surface area contributed by atoms with Gasteiger partial charge in [-0.15, -0.1) is 11.8 Å². The fourth-order valence-corrected chi connectivity index (χ4v) is 12.0. The molecule has 0 aromatic heterocycles. The standard InChI is InChI=1S/C36H68O5S2Si3/c1-25-32(41-46(16,17)36(9,10)11)28(39-44(12,13)34(3,4)5)23-31(37-25)43-33-26(2)38-30(42-27-21-19-18-20-22-27)24-29(33)40-45(14,15)35(6,7)8/h18-22,25-26,28-33H,23-24H2,1-17H3/t25-,26?,28?,29+,30+,31+,32+,33+/m0/s1. The van der Waals surface area contributed by atoms with Crippen LogP contribution in [0, 0.1) is 0 Å². The molecule has 0 spiro atoms. The first-order valence-corrected chi connectivity index (χ1v) is 28.0. The highest BCUT2D eigenvalue weighted by molar-refractivity contribution is 8.00. The Kier molecular flexibility index (Phi) is 13.2. The summed E-state index contributed by atoms with van der Waals surface area (Å²) in [6, 6.07) is 10.6. The highest BCUT2D eigenvalue weighted by atomic mass is 32.2. The topological polar surface area (TPSA) is 46.2 Å². The summed E-state index contributed by atoms with van der Waals surface area (Å²) < 4.78 is 35.3. The zero-order valence-corrected chi connectivity index (χ0v) is 36.9. The molecule has 266 valence electrons. The van der Waals surface area contributed by atoms with E-state index in [1.807, 2.05) is 23.5 Å². The maximum absolute atomic E-state index is 7.26. The second kappa shape index (κ2) is 14.9. The SMILES string of the molecule is CC1O[C@H](Sc2ccccc2)C[C@@H](O[Si](C)(C)C(C)(C)C)[C@@H]1S[C@@H]1CC(O[Si](C)(C)C(C)(C)C)[C@H](O[Si](C)(C)C(C)(C)C)[C@H](C)O1. The largest absolute Gasteiger partial charge is 0.413 e. The van der Waals surface area contributed by atoms with E-state index in [1.54, 1.807) is 0 Å². The molecule has 2 unspecified atom stereocenters. The van der Waals surface area contributed by atoms with Gasteiger partial charge in [-0.3, -0.25) is 0 Å². The lowest BCUT2D eigenvalue weighted by molar-refractivity contribution is -0.127. The third-order valence-electron chi connectivity index (χ3n) is 11.3. The summed E-state index contributed by atoms with van der Waals surface area (Å²) in [5.74, 6) is 0. The lowest BCUT2D eigenvalue weighted by Crippen LogP contribution is -2.59. The summed E-state index contributed by atoms with van der Waals surface area (Å²) in [4.78, 5) is 1.24. The molecule has 0 amide bonds. The van der Waals surface area contributed by atoms with E-state index in [1.165, 1.54) is 4.90 Å². The fraction of sp³-hybridized carbons (Fsp3) is 0.833. The van der Waals surface area contributed by atoms with Crippen LogP contribution < -0.4 is 0 Å². The zero-order chi connectivity index (χ0) is 35.1. The van der Waals surface area contributed by atoms with Crippen molar-refractivity contribution < 1.29 is 22.8 Å². The molecule has 2 fully saturated rings. The third kappa shape index (κ3) is 10.2. The van der Waals surface area contributed by atoms with Crippen LogP contribution in [0.15, 0.2) is 35.2 Å². The van der Waals surface area contributed by atoms with Crippen molar-refractivity contribution in [2.45, 2.75) is 195 Å². The fourth-order valence-electron chi connectivity index (χ4n) is 5.21. The highest BCUT2D eigenvalue weighted by Crippen LogP contribution is 2.48. The Morgan fingerprint density at radius 1 is 0.609 bits per heavy atom. The van der Waals surface area contributed by atoms with E-state index in [2.05, 4.69) is 146 Å². The van der Waals surface area contributed by atoms with E-state index >= 15 is 0 Å². The molecule has 0 N–H and O–H groups in total. The van der Waals surface area contributed by atoms with Gasteiger partial charge in [0.15, 0.2) is 25.0 Å². The Labute approximate surface area is 295 Å². The average Bonchev–Trinajstić information content (AvgIpc) is 2.86. The Bertz CT molecular complexity index is 1110. The summed E-state index contributed by atoms with van der Waals surface area (Å²) in [6.07, 6.45) is 1.59. The number of hydrogen-bond donors (Lipinski definition) is 0. The number of hydrogen-bond acceptors (Lipinski definition) is 7. The van der Waals surface area contributed by atoms with Gasteiger partial charge in [0.05, 0.1) is 35.8 Å². The van der Waals surface area contributed by atoms with Crippen LogP contribution in [-0.2, 0) is 22.8 Å². The first kappa shape index (κ1) is 40.8. The molecule has 3 rings (SSSR count). The van der Waals surface area contributed by atoms with Gasteiger partial charge in [-0.1, -0.05) is 92.3 Å².